The van der Waals surface area contributed by atoms with Crippen LogP contribution in [0.15, 0.2) is 53.4 Å². The van der Waals surface area contributed by atoms with E-state index in [0.717, 1.165) is 0 Å². The van der Waals surface area contributed by atoms with Gasteiger partial charge in [0.25, 0.3) is 5.91 Å². The minimum atomic E-state index is -3.63. The van der Waals surface area contributed by atoms with E-state index in [9.17, 15) is 18.0 Å². The molecule has 0 saturated carbocycles. The minimum Gasteiger partial charge on any atom is -0.447 e. The predicted molar refractivity (Wildman–Crippen MR) is 113 cm³/mol. The Labute approximate surface area is 175 Å². The third-order valence-corrected chi connectivity index (χ3v) is 5.38. The summed E-state index contributed by atoms with van der Waals surface area (Å²) in [5, 5.41) is 5.25. The second-order valence-corrected chi connectivity index (χ2v) is 8.30. The number of amides is 2. The number of nitrogens with one attached hydrogen (secondary N) is 3. The van der Waals surface area contributed by atoms with Crippen molar-refractivity contribution in [2.45, 2.75) is 24.8 Å². The zero-order valence-electron chi connectivity index (χ0n) is 17.0. The van der Waals surface area contributed by atoms with Gasteiger partial charge in [0.05, 0.1) is 11.5 Å². The first-order valence-electron chi connectivity index (χ1n) is 9.18. The van der Waals surface area contributed by atoms with Crippen LogP contribution in [0, 0.1) is 0 Å². The molecule has 0 aliphatic carbocycles. The summed E-state index contributed by atoms with van der Waals surface area (Å²) in [5.41, 5.74) is 1.18. The Morgan fingerprint density at radius 1 is 0.967 bits per heavy atom. The molecule has 3 N–H and O–H groups in total. The van der Waals surface area contributed by atoms with E-state index >= 15 is 0 Å². The molecule has 0 heterocycles. The standard InChI is InChI=1S/C20H25N3O6S/c1-14(2)23-30(26,27)18-9-7-15(8-10-18)19(24)21-16-5-4-6-17(13-16)22-20(25)29-12-11-28-3/h4-10,13-14,23H,11-12H2,1-3H3,(H,21,24)(H,22,25). The molecule has 0 aliphatic rings. The highest BCUT2D eigenvalue weighted by Gasteiger charge is 2.16. The first-order chi connectivity index (χ1) is 14.2. The number of ether oxygens (including phenoxy) is 2. The zero-order valence-corrected chi connectivity index (χ0v) is 17.8. The molecule has 0 bridgehead atoms. The molecule has 0 aromatic heterocycles. The number of carbonyl (C=O) groups is 2. The zero-order chi connectivity index (χ0) is 22.1. The lowest BCUT2D eigenvalue weighted by Gasteiger charge is -2.11. The number of hydrogen-bond donors (Lipinski definition) is 3. The molecule has 0 atom stereocenters. The van der Waals surface area contributed by atoms with Crippen molar-refractivity contribution in [1.29, 1.82) is 0 Å². The lowest BCUT2D eigenvalue weighted by atomic mass is 10.2. The highest BCUT2D eigenvalue weighted by molar-refractivity contribution is 7.89. The van der Waals surface area contributed by atoms with Crippen LogP contribution in [0.3, 0.4) is 0 Å². The molecule has 9 nitrogen and oxygen atoms in total. The topological polar surface area (TPSA) is 123 Å². The normalized spacial score (nSPS) is 11.2. The van der Waals surface area contributed by atoms with Crippen LogP contribution >= 0.6 is 0 Å². The van der Waals surface area contributed by atoms with E-state index in [4.69, 9.17) is 9.47 Å². The molecule has 0 unspecified atom stereocenters. The minimum absolute atomic E-state index is 0.0749. The van der Waals surface area contributed by atoms with E-state index in [-0.39, 0.29) is 29.7 Å². The number of anilines is 2. The van der Waals surface area contributed by atoms with Crippen LogP contribution in [-0.2, 0) is 19.5 Å². The maximum atomic E-state index is 12.5. The van der Waals surface area contributed by atoms with Crippen molar-refractivity contribution in [3.05, 3.63) is 54.1 Å². The average Bonchev–Trinajstić information content (AvgIpc) is 2.67. The van der Waals surface area contributed by atoms with Gasteiger partial charge < -0.3 is 14.8 Å². The lowest BCUT2D eigenvalue weighted by molar-refractivity contribution is 0.102. The van der Waals surface area contributed by atoms with E-state index in [1.54, 1.807) is 38.1 Å². The first-order valence-corrected chi connectivity index (χ1v) is 10.7. The van der Waals surface area contributed by atoms with Gasteiger partial charge in [-0.3, -0.25) is 10.1 Å². The van der Waals surface area contributed by atoms with Crippen LogP contribution in [0.5, 0.6) is 0 Å². The highest BCUT2D eigenvalue weighted by atomic mass is 32.2. The molecule has 0 fully saturated rings. The summed E-state index contributed by atoms with van der Waals surface area (Å²) in [5.74, 6) is -0.421. The van der Waals surface area contributed by atoms with Gasteiger partial charge in [0.15, 0.2) is 0 Å². The molecular formula is C20H25N3O6S. The Balaban J connectivity index is 2.01. The van der Waals surface area contributed by atoms with Crippen LogP contribution in [0.2, 0.25) is 0 Å². The number of hydrogen-bond acceptors (Lipinski definition) is 6. The largest absolute Gasteiger partial charge is 0.447 e. The molecule has 2 rings (SSSR count). The van der Waals surface area contributed by atoms with Crippen molar-refractivity contribution in [1.82, 2.24) is 4.72 Å². The smallest absolute Gasteiger partial charge is 0.411 e. The predicted octanol–water partition coefficient (Wildman–Crippen LogP) is 2.82. The van der Waals surface area contributed by atoms with Crippen LogP contribution in [0.25, 0.3) is 0 Å². The molecule has 0 saturated heterocycles. The highest BCUT2D eigenvalue weighted by Crippen LogP contribution is 2.17. The second kappa shape index (κ2) is 10.7. The third-order valence-electron chi connectivity index (χ3n) is 3.71. The van der Waals surface area contributed by atoms with Crippen molar-refractivity contribution in [2.75, 3.05) is 31.0 Å². The fraction of sp³-hybridized carbons (Fsp3) is 0.300. The average molecular weight is 436 g/mol. The third kappa shape index (κ3) is 7.14. The van der Waals surface area contributed by atoms with Gasteiger partial charge in [-0.2, -0.15) is 0 Å². The van der Waals surface area contributed by atoms with Gasteiger partial charge in [-0.1, -0.05) is 6.07 Å². The molecule has 162 valence electrons. The number of rotatable bonds is 9. The Morgan fingerprint density at radius 3 is 2.20 bits per heavy atom. The Morgan fingerprint density at radius 2 is 1.60 bits per heavy atom. The Hall–Kier alpha value is -2.95. The van der Waals surface area contributed by atoms with Crippen molar-refractivity contribution >= 4 is 33.4 Å². The van der Waals surface area contributed by atoms with Gasteiger partial charge in [0.2, 0.25) is 10.0 Å². The van der Waals surface area contributed by atoms with Crippen molar-refractivity contribution in [2.24, 2.45) is 0 Å². The summed E-state index contributed by atoms with van der Waals surface area (Å²) in [6.45, 7) is 3.86. The van der Waals surface area contributed by atoms with Gasteiger partial charge >= 0.3 is 6.09 Å². The maximum absolute atomic E-state index is 12.5. The van der Waals surface area contributed by atoms with E-state index in [1.807, 2.05) is 0 Å². The summed E-state index contributed by atoms with van der Waals surface area (Å²) < 4.78 is 36.5. The van der Waals surface area contributed by atoms with E-state index in [2.05, 4.69) is 15.4 Å². The van der Waals surface area contributed by atoms with Gasteiger partial charge in [-0.15, -0.1) is 0 Å². The first kappa shape index (κ1) is 23.3. The molecule has 0 spiro atoms. The molecule has 2 aromatic rings. The van der Waals surface area contributed by atoms with Crippen LogP contribution in [0.1, 0.15) is 24.2 Å². The van der Waals surface area contributed by atoms with E-state index < -0.39 is 22.0 Å². The van der Waals surface area contributed by atoms with Crippen molar-refractivity contribution in [3.8, 4) is 0 Å². The number of methoxy groups -OCH3 is 1. The fourth-order valence-electron chi connectivity index (χ4n) is 2.41. The SMILES string of the molecule is COCCOC(=O)Nc1cccc(NC(=O)c2ccc(S(=O)(=O)NC(C)C)cc2)c1. The van der Waals surface area contributed by atoms with Crippen LogP contribution in [-0.4, -0.2) is 46.8 Å². The number of carbonyl (C=O) groups excluding carboxylic acids is 2. The molecule has 30 heavy (non-hydrogen) atoms. The number of sulfonamides is 1. The van der Waals surface area contributed by atoms with E-state index in [0.29, 0.717) is 11.4 Å². The maximum Gasteiger partial charge on any atom is 0.411 e. The second-order valence-electron chi connectivity index (χ2n) is 6.59. The quantitative estimate of drug-likeness (QED) is 0.521. The summed E-state index contributed by atoms with van der Waals surface area (Å²) in [6, 6.07) is 11.9. The van der Waals surface area contributed by atoms with Crippen LogP contribution < -0.4 is 15.4 Å². The summed E-state index contributed by atoms with van der Waals surface area (Å²) >= 11 is 0. The summed E-state index contributed by atoms with van der Waals surface area (Å²) in [4.78, 5) is 24.2. The molecule has 10 heteroatoms. The molecule has 2 aromatic carbocycles. The molecule has 0 radical (unpaired) electrons. The molecular weight excluding hydrogens is 410 g/mol. The van der Waals surface area contributed by atoms with Gasteiger partial charge in [-0.25, -0.2) is 17.9 Å². The van der Waals surface area contributed by atoms with Gasteiger partial charge in [-0.05, 0) is 56.3 Å². The molecule has 2 amide bonds. The van der Waals surface area contributed by atoms with Gasteiger partial charge in [0, 0.05) is 30.1 Å². The van der Waals surface area contributed by atoms with Crippen LogP contribution in [0.4, 0.5) is 16.2 Å². The van der Waals surface area contributed by atoms with Crippen molar-refractivity contribution in [3.63, 3.8) is 0 Å². The lowest BCUT2D eigenvalue weighted by Crippen LogP contribution is -2.30. The summed E-state index contributed by atoms with van der Waals surface area (Å²) in [7, 11) is -2.13. The molecule has 0 aliphatic heterocycles. The van der Waals surface area contributed by atoms with E-state index in [1.165, 1.54) is 31.4 Å². The number of benzene rings is 2. The van der Waals surface area contributed by atoms with Crippen molar-refractivity contribution < 1.29 is 27.5 Å². The van der Waals surface area contributed by atoms with Gasteiger partial charge in [0.1, 0.15) is 6.61 Å². The monoisotopic (exact) mass is 435 g/mol. The Bertz CT molecular complexity index is 974. The Kier molecular flexibility index (Phi) is 8.34. The fourth-order valence-corrected chi connectivity index (χ4v) is 3.66. The summed E-state index contributed by atoms with van der Waals surface area (Å²) in [6.07, 6.45) is -0.637.